The second-order valence-corrected chi connectivity index (χ2v) is 3.86. The highest BCUT2D eigenvalue weighted by Gasteiger charge is 1.95. The Hall–Kier alpha value is -1.93. The van der Waals surface area contributed by atoms with E-state index in [1.165, 1.54) is 11.1 Å². The maximum Gasteiger partial charge on any atom is 0.0615 e. The highest BCUT2D eigenvalue weighted by molar-refractivity contribution is 5.49. The molecule has 0 atom stereocenters. The van der Waals surface area contributed by atoms with Gasteiger partial charge < -0.3 is 5.11 Å². The highest BCUT2D eigenvalue weighted by Crippen LogP contribution is 2.10. The Labute approximate surface area is 101 Å². The van der Waals surface area contributed by atoms with Crippen LogP contribution in [0.4, 0.5) is 0 Å². The molecule has 0 radical (unpaired) electrons. The molecule has 1 aromatic carbocycles. The first-order valence-electron chi connectivity index (χ1n) is 5.64. The number of aliphatic hydroxyl groups excluding tert-OH is 1. The van der Waals surface area contributed by atoms with Crippen molar-refractivity contribution in [2.75, 3.05) is 6.61 Å². The molecule has 86 valence electrons. The Morgan fingerprint density at radius 2 is 1.88 bits per heavy atom. The molecule has 0 aliphatic rings. The number of hydrogen-bond donors (Lipinski definition) is 1. The molecular weight excluding hydrogens is 210 g/mol. The molecule has 0 fully saturated rings. The van der Waals surface area contributed by atoms with Gasteiger partial charge in [-0.3, -0.25) is 4.98 Å². The van der Waals surface area contributed by atoms with Crippen molar-refractivity contribution in [3.05, 3.63) is 71.6 Å². The molecule has 0 unspecified atom stereocenters. The molecule has 1 heterocycles. The quantitative estimate of drug-likeness (QED) is 0.867. The molecule has 2 heteroatoms. The largest absolute Gasteiger partial charge is 0.392 e. The van der Waals surface area contributed by atoms with Crippen molar-refractivity contribution in [2.45, 2.75) is 6.42 Å². The van der Waals surface area contributed by atoms with Crippen LogP contribution in [-0.2, 0) is 6.42 Å². The fourth-order valence-corrected chi connectivity index (χ4v) is 1.67. The maximum atomic E-state index is 8.68. The third kappa shape index (κ3) is 3.54. The number of aromatic nitrogens is 1. The lowest BCUT2D eigenvalue weighted by Gasteiger charge is -2.01. The normalized spacial score (nSPS) is 10.9. The molecule has 2 aromatic rings. The predicted molar refractivity (Wildman–Crippen MR) is 69.6 cm³/mol. The average molecular weight is 225 g/mol. The van der Waals surface area contributed by atoms with E-state index in [0.29, 0.717) is 0 Å². The third-order valence-electron chi connectivity index (χ3n) is 2.53. The van der Waals surface area contributed by atoms with Crippen molar-refractivity contribution >= 4 is 6.08 Å². The first-order chi connectivity index (χ1) is 8.38. The molecule has 0 saturated heterocycles. The summed E-state index contributed by atoms with van der Waals surface area (Å²) in [6.45, 7) is 0.0808. The smallest absolute Gasteiger partial charge is 0.0615 e. The monoisotopic (exact) mass is 225 g/mol. The highest BCUT2D eigenvalue weighted by atomic mass is 16.2. The Kier molecular flexibility index (Phi) is 4.05. The summed E-state index contributed by atoms with van der Waals surface area (Å²) < 4.78 is 0. The fourth-order valence-electron chi connectivity index (χ4n) is 1.67. The molecule has 17 heavy (non-hydrogen) atoms. The van der Waals surface area contributed by atoms with E-state index in [9.17, 15) is 0 Å². The van der Waals surface area contributed by atoms with Crippen molar-refractivity contribution in [1.29, 1.82) is 0 Å². The Bertz CT molecular complexity index is 474. The van der Waals surface area contributed by atoms with Crippen molar-refractivity contribution in [1.82, 2.24) is 4.98 Å². The third-order valence-corrected chi connectivity index (χ3v) is 2.53. The van der Waals surface area contributed by atoms with Gasteiger partial charge in [0.15, 0.2) is 0 Å². The van der Waals surface area contributed by atoms with Crippen molar-refractivity contribution in [3.8, 4) is 0 Å². The van der Waals surface area contributed by atoms with Gasteiger partial charge in [-0.05, 0) is 29.2 Å². The molecule has 0 bridgehead atoms. The number of rotatable bonds is 4. The summed E-state index contributed by atoms with van der Waals surface area (Å²) in [5, 5.41) is 8.68. The van der Waals surface area contributed by atoms with Gasteiger partial charge in [-0.1, -0.05) is 42.5 Å². The Balaban J connectivity index is 2.06. The lowest BCUT2D eigenvalue weighted by atomic mass is 10.0. The molecule has 0 amide bonds. The van der Waals surface area contributed by atoms with Crippen molar-refractivity contribution in [3.63, 3.8) is 0 Å². The van der Waals surface area contributed by atoms with Gasteiger partial charge in [-0.15, -0.1) is 0 Å². The van der Waals surface area contributed by atoms with Crippen LogP contribution >= 0.6 is 0 Å². The van der Waals surface area contributed by atoms with Gasteiger partial charge >= 0.3 is 0 Å². The minimum absolute atomic E-state index is 0.0808. The summed E-state index contributed by atoms with van der Waals surface area (Å²) in [5.74, 6) is 0. The van der Waals surface area contributed by atoms with Crippen LogP contribution in [0.2, 0.25) is 0 Å². The zero-order valence-corrected chi connectivity index (χ0v) is 9.58. The van der Waals surface area contributed by atoms with Gasteiger partial charge in [0.1, 0.15) is 0 Å². The molecule has 2 rings (SSSR count). The van der Waals surface area contributed by atoms with E-state index in [4.69, 9.17) is 5.11 Å². The fraction of sp³-hybridized carbons (Fsp3) is 0.133. The van der Waals surface area contributed by atoms with Gasteiger partial charge in [-0.2, -0.15) is 0 Å². The minimum Gasteiger partial charge on any atom is -0.392 e. The average Bonchev–Trinajstić information content (AvgIpc) is 2.39. The van der Waals surface area contributed by atoms with Crippen LogP contribution in [0.15, 0.2) is 54.9 Å². The van der Waals surface area contributed by atoms with E-state index < -0.39 is 0 Å². The van der Waals surface area contributed by atoms with Crippen LogP contribution < -0.4 is 0 Å². The van der Waals surface area contributed by atoms with Crippen LogP contribution in [0.1, 0.15) is 16.7 Å². The van der Waals surface area contributed by atoms with E-state index in [0.717, 1.165) is 12.0 Å². The maximum absolute atomic E-state index is 8.68. The van der Waals surface area contributed by atoms with Gasteiger partial charge in [0.2, 0.25) is 0 Å². The Morgan fingerprint density at radius 1 is 1.06 bits per heavy atom. The molecule has 2 nitrogen and oxygen atoms in total. The number of pyridine rings is 1. The molecule has 0 aliphatic heterocycles. The summed E-state index contributed by atoms with van der Waals surface area (Å²) in [6.07, 6.45) is 8.22. The standard InChI is InChI=1S/C15H15NO/c17-10-2-4-13-5-7-14(8-6-13)11-15-3-1-9-16-12-15/h1-9,12,17H,10-11H2/b4-2+. The van der Waals surface area contributed by atoms with Gasteiger partial charge in [-0.25, -0.2) is 0 Å². The molecule has 0 aliphatic carbocycles. The van der Waals surface area contributed by atoms with Gasteiger partial charge in [0, 0.05) is 12.4 Å². The van der Waals surface area contributed by atoms with Crippen LogP contribution in [0, 0.1) is 0 Å². The van der Waals surface area contributed by atoms with Gasteiger partial charge in [0.05, 0.1) is 6.61 Å². The summed E-state index contributed by atoms with van der Waals surface area (Å²) >= 11 is 0. The van der Waals surface area contributed by atoms with Crippen LogP contribution in [0.3, 0.4) is 0 Å². The van der Waals surface area contributed by atoms with E-state index in [1.54, 1.807) is 12.3 Å². The predicted octanol–water partition coefficient (Wildman–Crippen LogP) is 2.68. The molecular formula is C15H15NO. The van der Waals surface area contributed by atoms with E-state index in [2.05, 4.69) is 35.3 Å². The van der Waals surface area contributed by atoms with E-state index in [1.807, 2.05) is 18.3 Å². The molecule has 0 spiro atoms. The zero-order chi connectivity index (χ0) is 11.9. The lowest BCUT2D eigenvalue weighted by molar-refractivity contribution is 0.343. The molecule has 1 aromatic heterocycles. The molecule has 1 N–H and O–H groups in total. The summed E-state index contributed by atoms with van der Waals surface area (Å²) in [7, 11) is 0. The second-order valence-electron chi connectivity index (χ2n) is 3.86. The van der Waals surface area contributed by atoms with E-state index >= 15 is 0 Å². The van der Waals surface area contributed by atoms with Crippen LogP contribution in [0.5, 0.6) is 0 Å². The summed E-state index contributed by atoms with van der Waals surface area (Å²) in [5.41, 5.74) is 3.58. The molecule has 0 saturated carbocycles. The van der Waals surface area contributed by atoms with Crippen LogP contribution in [0.25, 0.3) is 6.08 Å². The SMILES string of the molecule is OC/C=C/c1ccc(Cc2cccnc2)cc1. The first-order valence-corrected chi connectivity index (χ1v) is 5.64. The van der Waals surface area contributed by atoms with Crippen LogP contribution in [-0.4, -0.2) is 16.7 Å². The van der Waals surface area contributed by atoms with E-state index in [-0.39, 0.29) is 6.61 Å². The Morgan fingerprint density at radius 3 is 2.53 bits per heavy atom. The number of nitrogens with zero attached hydrogens (tertiary/aromatic N) is 1. The summed E-state index contributed by atoms with van der Waals surface area (Å²) in [4.78, 5) is 4.10. The van der Waals surface area contributed by atoms with Gasteiger partial charge in [0.25, 0.3) is 0 Å². The zero-order valence-electron chi connectivity index (χ0n) is 9.58. The topological polar surface area (TPSA) is 33.1 Å². The van der Waals surface area contributed by atoms with Crippen molar-refractivity contribution < 1.29 is 5.11 Å². The lowest BCUT2D eigenvalue weighted by Crippen LogP contribution is -1.88. The number of benzene rings is 1. The number of aliphatic hydroxyl groups is 1. The summed E-state index contributed by atoms with van der Waals surface area (Å²) in [6, 6.07) is 12.3. The minimum atomic E-state index is 0.0808. The second kappa shape index (κ2) is 5.97. The number of hydrogen-bond acceptors (Lipinski definition) is 2. The first kappa shape index (κ1) is 11.6. The van der Waals surface area contributed by atoms with Crippen molar-refractivity contribution in [2.24, 2.45) is 0 Å².